The second kappa shape index (κ2) is 7.35. The van der Waals surface area contributed by atoms with Gasteiger partial charge in [0, 0.05) is 12.0 Å². The monoisotopic (exact) mass is 395 g/mol. The smallest absolute Gasteiger partial charge is 0.418 e. The molecule has 2 amide bonds. The normalized spacial score (nSPS) is 21.0. The standard InChI is InChI=1S/C23H25NO5/c1-5-23(20(26)27)14-18(19(25)24(23)21(28)29-22(2,3)4)13-15-10-11-16-8-6-7-9-17(16)12-15/h6-13H,5,14H2,1-4H3,(H,26,27)/t23-/m0/s1. The van der Waals surface area contributed by atoms with Crippen LogP contribution < -0.4 is 0 Å². The number of hydrogen-bond acceptors (Lipinski definition) is 4. The van der Waals surface area contributed by atoms with Gasteiger partial charge >= 0.3 is 12.1 Å². The molecule has 0 radical (unpaired) electrons. The summed E-state index contributed by atoms with van der Waals surface area (Å²) >= 11 is 0. The summed E-state index contributed by atoms with van der Waals surface area (Å²) in [4.78, 5) is 38.7. The summed E-state index contributed by atoms with van der Waals surface area (Å²) in [5.74, 6) is -1.85. The van der Waals surface area contributed by atoms with E-state index >= 15 is 0 Å². The van der Waals surface area contributed by atoms with Crippen LogP contribution in [0.2, 0.25) is 0 Å². The van der Waals surface area contributed by atoms with Gasteiger partial charge < -0.3 is 9.84 Å². The van der Waals surface area contributed by atoms with Crippen LogP contribution in [0.5, 0.6) is 0 Å². The zero-order valence-corrected chi connectivity index (χ0v) is 17.1. The average molecular weight is 395 g/mol. The first-order valence-corrected chi connectivity index (χ1v) is 9.58. The number of imide groups is 1. The Balaban J connectivity index is 2.04. The molecule has 1 fully saturated rings. The van der Waals surface area contributed by atoms with Gasteiger partial charge in [0.25, 0.3) is 5.91 Å². The van der Waals surface area contributed by atoms with E-state index < -0.39 is 29.1 Å². The largest absolute Gasteiger partial charge is 0.479 e. The molecule has 1 saturated heterocycles. The number of likely N-dealkylation sites (tertiary alicyclic amines) is 1. The maximum atomic E-state index is 13.1. The van der Waals surface area contributed by atoms with E-state index in [1.807, 2.05) is 42.5 Å². The van der Waals surface area contributed by atoms with Gasteiger partial charge in [0.15, 0.2) is 5.54 Å². The Morgan fingerprint density at radius 1 is 1.17 bits per heavy atom. The van der Waals surface area contributed by atoms with E-state index in [1.54, 1.807) is 33.8 Å². The molecule has 1 atom stereocenters. The van der Waals surface area contributed by atoms with Gasteiger partial charge in [-0.05, 0) is 55.7 Å². The quantitative estimate of drug-likeness (QED) is 0.767. The number of fused-ring (bicyclic) bond motifs is 1. The van der Waals surface area contributed by atoms with Gasteiger partial charge in [-0.2, -0.15) is 0 Å². The second-order valence-corrected chi connectivity index (χ2v) is 8.26. The Bertz CT molecular complexity index is 1020. The third-order valence-corrected chi connectivity index (χ3v) is 5.06. The molecule has 0 aromatic heterocycles. The summed E-state index contributed by atoms with van der Waals surface area (Å²) in [5.41, 5.74) is -1.45. The van der Waals surface area contributed by atoms with Crippen LogP contribution in [0.25, 0.3) is 16.8 Å². The van der Waals surface area contributed by atoms with Crippen molar-refractivity contribution >= 4 is 34.8 Å². The topological polar surface area (TPSA) is 83.9 Å². The summed E-state index contributed by atoms with van der Waals surface area (Å²) < 4.78 is 5.33. The highest BCUT2D eigenvalue weighted by atomic mass is 16.6. The number of carbonyl (C=O) groups excluding carboxylic acids is 2. The van der Waals surface area contributed by atoms with Gasteiger partial charge in [-0.3, -0.25) is 4.79 Å². The molecule has 29 heavy (non-hydrogen) atoms. The van der Waals surface area contributed by atoms with Crippen molar-refractivity contribution < 1.29 is 24.2 Å². The van der Waals surface area contributed by atoms with Gasteiger partial charge in [0.05, 0.1) is 0 Å². The number of carboxylic acids is 1. The molecule has 1 heterocycles. The van der Waals surface area contributed by atoms with Crippen molar-refractivity contribution in [1.82, 2.24) is 4.90 Å². The van der Waals surface area contributed by atoms with Crippen LogP contribution in [0, 0.1) is 0 Å². The summed E-state index contributed by atoms with van der Waals surface area (Å²) in [5, 5.41) is 12.0. The molecular formula is C23H25NO5. The van der Waals surface area contributed by atoms with Gasteiger partial charge in [0.1, 0.15) is 5.60 Å². The van der Waals surface area contributed by atoms with Crippen LogP contribution in [-0.2, 0) is 14.3 Å². The number of rotatable bonds is 3. The van der Waals surface area contributed by atoms with Crippen molar-refractivity contribution in [2.75, 3.05) is 0 Å². The first kappa shape index (κ1) is 20.6. The minimum absolute atomic E-state index is 0.0657. The Labute approximate surface area is 169 Å². The van der Waals surface area contributed by atoms with E-state index in [1.165, 1.54) is 0 Å². The van der Waals surface area contributed by atoms with Crippen molar-refractivity contribution in [1.29, 1.82) is 0 Å². The zero-order valence-electron chi connectivity index (χ0n) is 17.1. The van der Waals surface area contributed by atoms with E-state index in [0.29, 0.717) is 0 Å². The lowest BCUT2D eigenvalue weighted by Gasteiger charge is -2.33. The molecule has 6 nitrogen and oxygen atoms in total. The van der Waals surface area contributed by atoms with Crippen molar-refractivity contribution in [3.8, 4) is 0 Å². The van der Waals surface area contributed by atoms with Crippen molar-refractivity contribution in [3.05, 3.63) is 53.6 Å². The van der Waals surface area contributed by atoms with E-state index in [4.69, 9.17) is 4.74 Å². The van der Waals surface area contributed by atoms with Gasteiger partial charge in [0.2, 0.25) is 0 Å². The van der Waals surface area contributed by atoms with Crippen molar-refractivity contribution in [3.63, 3.8) is 0 Å². The maximum absolute atomic E-state index is 13.1. The first-order valence-electron chi connectivity index (χ1n) is 9.58. The molecule has 6 heteroatoms. The van der Waals surface area contributed by atoms with Crippen LogP contribution in [0.15, 0.2) is 48.0 Å². The summed E-state index contributed by atoms with van der Waals surface area (Å²) in [7, 11) is 0. The van der Waals surface area contributed by atoms with Crippen LogP contribution >= 0.6 is 0 Å². The summed E-state index contributed by atoms with van der Waals surface area (Å²) in [6.07, 6.45) is 0.743. The number of carboxylic acid groups (broad SMARTS) is 1. The van der Waals surface area contributed by atoms with Crippen LogP contribution in [0.3, 0.4) is 0 Å². The molecule has 1 aliphatic heterocycles. The molecule has 3 rings (SSSR count). The molecule has 0 bridgehead atoms. The second-order valence-electron chi connectivity index (χ2n) is 8.26. The number of carbonyl (C=O) groups is 3. The molecular weight excluding hydrogens is 370 g/mol. The molecule has 0 unspecified atom stereocenters. The summed E-state index contributed by atoms with van der Waals surface area (Å²) in [6, 6.07) is 13.6. The Morgan fingerprint density at radius 3 is 2.41 bits per heavy atom. The number of nitrogens with zero attached hydrogens (tertiary/aromatic N) is 1. The lowest BCUT2D eigenvalue weighted by molar-refractivity contribution is -0.153. The molecule has 0 aliphatic carbocycles. The fourth-order valence-corrected chi connectivity index (χ4v) is 3.59. The Hall–Kier alpha value is -3.15. The lowest BCUT2D eigenvalue weighted by Crippen LogP contribution is -2.55. The Kier molecular flexibility index (Phi) is 5.22. The van der Waals surface area contributed by atoms with E-state index in [2.05, 4.69) is 0 Å². The number of amides is 2. The highest BCUT2D eigenvalue weighted by molar-refractivity contribution is 6.12. The minimum atomic E-state index is -1.65. The number of hydrogen-bond donors (Lipinski definition) is 1. The number of aliphatic carboxylic acids is 1. The van der Waals surface area contributed by atoms with Crippen molar-refractivity contribution in [2.45, 2.75) is 51.7 Å². The van der Waals surface area contributed by atoms with Crippen molar-refractivity contribution in [2.24, 2.45) is 0 Å². The molecule has 152 valence electrons. The predicted molar refractivity (Wildman–Crippen MR) is 110 cm³/mol. The fraction of sp³-hybridized carbons (Fsp3) is 0.348. The lowest BCUT2D eigenvalue weighted by atomic mass is 9.91. The number of benzene rings is 2. The van der Waals surface area contributed by atoms with Gasteiger partial charge in [-0.15, -0.1) is 0 Å². The van der Waals surface area contributed by atoms with E-state index in [9.17, 15) is 19.5 Å². The highest BCUT2D eigenvalue weighted by Crippen LogP contribution is 2.39. The van der Waals surface area contributed by atoms with Gasteiger partial charge in [-0.1, -0.05) is 43.3 Å². The highest BCUT2D eigenvalue weighted by Gasteiger charge is 2.56. The van der Waals surface area contributed by atoms with Gasteiger partial charge in [-0.25, -0.2) is 14.5 Å². The van der Waals surface area contributed by atoms with Crippen LogP contribution in [-0.4, -0.2) is 39.1 Å². The Morgan fingerprint density at radius 2 is 1.83 bits per heavy atom. The van der Waals surface area contributed by atoms with E-state index in [-0.39, 0.29) is 18.4 Å². The first-order chi connectivity index (χ1) is 13.6. The van der Waals surface area contributed by atoms with E-state index in [0.717, 1.165) is 21.2 Å². The van der Waals surface area contributed by atoms with Crippen LogP contribution in [0.1, 0.15) is 46.1 Å². The molecule has 2 aromatic carbocycles. The molecule has 0 spiro atoms. The fourth-order valence-electron chi connectivity index (χ4n) is 3.59. The SMILES string of the molecule is CC[C@@]1(C(=O)O)CC(=Cc2ccc3ccccc3c2)C(=O)N1C(=O)OC(C)(C)C. The zero-order chi connectivity index (χ0) is 21.4. The van der Waals surface area contributed by atoms with Crippen LogP contribution in [0.4, 0.5) is 4.79 Å². The molecule has 0 saturated carbocycles. The third-order valence-electron chi connectivity index (χ3n) is 5.06. The predicted octanol–water partition coefficient (Wildman–Crippen LogP) is 4.62. The third kappa shape index (κ3) is 3.88. The average Bonchev–Trinajstić information content (AvgIpc) is 2.93. The maximum Gasteiger partial charge on any atom is 0.418 e. The molecule has 1 N–H and O–H groups in total. The molecule has 1 aliphatic rings. The number of ether oxygens (including phenoxy) is 1. The molecule has 2 aromatic rings. The minimum Gasteiger partial charge on any atom is -0.479 e. The summed E-state index contributed by atoms with van der Waals surface area (Å²) in [6.45, 7) is 6.67.